The zero-order chi connectivity index (χ0) is 14.0. The molecule has 0 fully saturated rings. The van der Waals surface area contributed by atoms with Crippen molar-refractivity contribution in [3.63, 3.8) is 0 Å². The topological polar surface area (TPSA) is 131 Å². The highest BCUT2D eigenvalue weighted by molar-refractivity contribution is 7.89. The molecule has 6 N–H and O–H groups in total. The molecule has 0 saturated heterocycles. The number of nitrogens with one attached hydrogen (secondary N) is 2. The summed E-state index contributed by atoms with van der Waals surface area (Å²) < 4.78 is 22.1. The summed E-state index contributed by atoms with van der Waals surface area (Å²) in [6.45, 7) is 0. The maximum absolute atomic E-state index is 11.8. The molecule has 19 heavy (non-hydrogen) atoms. The first kappa shape index (κ1) is 13.1. The fourth-order valence-corrected chi connectivity index (χ4v) is 1.98. The van der Waals surface area contributed by atoms with Crippen molar-refractivity contribution in [3.05, 3.63) is 42.2 Å². The number of aromatic amines is 1. The van der Waals surface area contributed by atoms with Crippen LogP contribution >= 0.6 is 0 Å². The summed E-state index contributed by atoms with van der Waals surface area (Å²) >= 11 is 0. The van der Waals surface area contributed by atoms with E-state index < -0.39 is 10.0 Å². The number of H-pyrrole nitrogens is 1. The number of nitrogen functional groups attached to an aromatic ring is 1. The zero-order valence-corrected chi connectivity index (χ0v) is 10.6. The lowest BCUT2D eigenvalue weighted by Gasteiger charge is -2.04. The van der Waals surface area contributed by atoms with Crippen LogP contribution in [0.15, 0.2) is 41.4 Å². The number of hydrogen-bond acceptors (Lipinski definition) is 4. The molecule has 0 spiro atoms. The molecule has 1 heterocycles. The van der Waals surface area contributed by atoms with Gasteiger partial charge in [0.1, 0.15) is 5.69 Å². The molecular weight excluding hydrogens is 268 g/mol. The van der Waals surface area contributed by atoms with Crippen LogP contribution in [0.25, 0.3) is 0 Å². The van der Waals surface area contributed by atoms with E-state index in [2.05, 4.69) is 10.3 Å². The second-order valence-corrected chi connectivity index (χ2v) is 5.43. The summed E-state index contributed by atoms with van der Waals surface area (Å²) in [7, 11) is -3.73. The molecule has 0 saturated carbocycles. The second kappa shape index (κ2) is 4.75. The third kappa shape index (κ3) is 3.12. The first-order valence-corrected chi connectivity index (χ1v) is 6.79. The first-order valence-electron chi connectivity index (χ1n) is 5.24. The summed E-state index contributed by atoms with van der Waals surface area (Å²) in [5, 5.41) is 7.56. The van der Waals surface area contributed by atoms with Gasteiger partial charge in [0.25, 0.3) is 5.91 Å². The minimum Gasteiger partial charge on any atom is -0.397 e. The smallest absolute Gasteiger partial charge is 0.272 e. The largest absolute Gasteiger partial charge is 0.397 e. The Kier molecular flexibility index (Phi) is 3.28. The Bertz CT molecular complexity index is 704. The standard InChI is InChI=1S/C11H12N4O3S/c12-7-5-10(14-6-7)11(16)15-8-1-3-9(4-2-8)19(13,17)18/h1-6,14H,12H2,(H,15,16)(H2,13,17,18). The van der Waals surface area contributed by atoms with Gasteiger partial charge in [-0.15, -0.1) is 0 Å². The van der Waals surface area contributed by atoms with E-state index in [1.165, 1.54) is 36.5 Å². The number of hydrogen-bond donors (Lipinski definition) is 4. The molecule has 1 amide bonds. The van der Waals surface area contributed by atoms with Crippen LogP contribution in [0.3, 0.4) is 0 Å². The Balaban J connectivity index is 2.14. The van der Waals surface area contributed by atoms with Crippen LogP contribution in [-0.4, -0.2) is 19.3 Å². The van der Waals surface area contributed by atoms with Crippen molar-refractivity contribution in [2.24, 2.45) is 5.14 Å². The number of nitrogens with two attached hydrogens (primary N) is 2. The normalized spacial score (nSPS) is 11.2. The number of primary sulfonamides is 1. The fourth-order valence-electron chi connectivity index (χ4n) is 1.47. The van der Waals surface area contributed by atoms with Gasteiger partial charge in [0.05, 0.1) is 4.90 Å². The van der Waals surface area contributed by atoms with Gasteiger partial charge in [-0.1, -0.05) is 0 Å². The maximum Gasteiger partial charge on any atom is 0.272 e. The lowest BCUT2D eigenvalue weighted by molar-refractivity contribution is 0.102. The minimum atomic E-state index is -3.73. The molecule has 0 atom stereocenters. The molecule has 0 aliphatic carbocycles. The van der Waals surface area contributed by atoms with Gasteiger partial charge >= 0.3 is 0 Å². The van der Waals surface area contributed by atoms with Crippen molar-refractivity contribution in [1.82, 2.24) is 4.98 Å². The molecular formula is C11H12N4O3S. The average molecular weight is 280 g/mol. The monoisotopic (exact) mass is 280 g/mol. The van der Waals surface area contributed by atoms with Crippen LogP contribution in [0.2, 0.25) is 0 Å². The molecule has 1 aromatic carbocycles. The van der Waals surface area contributed by atoms with E-state index in [4.69, 9.17) is 10.9 Å². The van der Waals surface area contributed by atoms with Crippen molar-refractivity contribution in [2.45, 2.75) is 4.90 Å². The molecule has 0 radical (unpaired) electrons. The summed E-state index contributed by atoms with van der Waals surface area (Å²) in [6, 6.07) is 7.02. The van der Waals surface area contributed by atoms with Crippen molar-refractivity contribution in [1.29, 1.82) is 0 Å². The number of aromatic nitrogens is 1. The molecule has 1 aromatic heterocycles. The Hall–Kier alpha value is -2.32. The highest BCUT2D eigenvalue weighted by Gasteiger charge is 2.10. The molecule has 0 aliphatic heterocycles. The van der Waals surface area contributed by atoms with E-state index in [1.807, 2.05) is 0 Å². The first-order chi connectivity index (χ1) is 8.86. The van der Waals surface area contributed by atoms with Crippen molar-refractivity contribution in [2.75, 3.05) is 11.1 Å². The van der Waals surface area contributed by atoms with Gasteiger partial charge in [-0.2, -0.15) is 0 Å². The Labute approximate surface area is 109 Å². The van der Waals surface area contributed by atoms with Crippen LogP contribution < -0.4 is 16.2 Å². The quantitative estimate of drug-likeness (QED) is 0.651. The number of benzene rings is 1. The van der Waals surface area contributed by atoms with Gasteiger partial charge in [-0.25, -0.2) is 13.6 Å². The van der Waals surface area contributed by atoms with Crippen LogP contribution in [0.1, 0.15) is 10.5 Å². The van der Waals surface area contributed by atoms with Crippen molar-refractivity contribution >= 4 is 27.3 Å². The van der Waals surface area contributed by atoms with Gasteiger partial charge in [0.15, 0.2) is 0 Å². The van der Waals surface area contributed by atoms with E-state index in [0.29, 0.717) is 17.1 Å². The lowest BCUT2D eigenvalue weighted by atomic mass is 10.3. The van der Waals surface area contributed by atoms with Gasteiger partial charge in [-0.05, 0) is 30.3 Å². The van der Waals surface area contributed by atoms with E-state index in [9.17, 15) is 13.2 Å². The average Bonchev–Trinajstić information content (AvgIpc) is 2.75. The highest BCUT2D eigenvalue weighted by atomic mass is 32.2. The predicted octanol–water partition coefficient (Wildman–Crippen LogP) is 0.497. The molecule has 0 aliphatic rings. The van der Waals surface area contributed by atoms with E-state index in [0.717, 1.165) is 0 Å². The molecule has 2 aromatic rings. The number of carbonyl (C=O) groups excluding carboxylic acids is 1. The predicted molar refractivity (Wildman–Crippen MR) is 71.0 cm³/mol. The molecule has 8 heteroatoms. The third-order valence-electron chi connectivity index (χ3n) is 2.39. The molecule has 0 unspecified atom stereocenters. The maximum atomic E-state index is 11.8. The number of anilines is 2. The third-order valence-corrected chi connectivity index (χ3v) is 3.32. The van der Waals surface area contributed by atoms with Crippen LogP contribution in [-0.2, 0) is 10.0 Å². The van der Waals surface area contributed by atoms with Gasteiger partial charge in [0, 0.05) is 17.6 Å². The molecule has 7 nitrogen and oxygen atoms in total. The van der Waals surface area contributed by atoms with E-state index >= 15 is 0 Å². The Morgan fingerprint density at radius 2 is 1.84 bits per heavy atom. The second-order valence-electron chi connectivity index (χ2n) is 3.87. The molecule has 0 bridgehead atoms. The van der Waals surface area contributed by atoms with Gasteiger partial charge < -0.3 is 16.0 Å². The summed E-state index contributed by atoms with van der Waals surface area (Å²) in [4.78, 5) is 14.5. The van der Waals surface area contributed by atoms with Crippen molar-refractivity contribution in [3.8, 4) is 0 Å². The number of sulfonamides is 1. The van der Waals surface area contributed by atoms with Crippen LogP contribution in [0, 0.1) is 0 Å². The fraction of sp³-hybridized carbons (Fsp3) is 0. The Morgan fingerprint density at radius 3 is 2.32 bits per heavy atom. The van der Waals surface area contributed by atoms with Crippen LogP contribution in [0.5, 0.6) is 0 Å². The van der Waals surface area contributed by atoms with Crippen molar-refractivity contribution < 1.29 is 13.2 Å². The summed E-state index contributed by atoms with van der Waals surface area (Å²) in [6.07, 6.45) is 1.50. The zero-order valence-electron chi connectivity index (χ0n) is 9.75. The molecule has 2 rings (SSSR count). The van der Waals surface area contributed by atoms with Crippen LogP contribution in [0.4, 0.5) is 11.4 Å². The Morgan fingerprint density at radius 1 is 1.21 bits per heavy atom. The SMILES string of the molecule is Nc1c[nH]c(C(=O)Nc2ccc(S(N)(=O)=O)cc2)c1. The number of carbonyl (C=O) groups is 1. The van der Waals surface area contributed by atoms with Gasteiger partial charge in [0.2, 0.25) is 10.0 Å². The van der Waals surface area contributed by atoms with Gasteiger partial charge in [-0.3, -0.25) is 4.79 Å². The highest BCUT2D eigenvalue weighted by Crippen LogP contribution is 2.14. The van der Waals surface area contributed by atoms with E-state index in [-0.39, 0.29) is 10.8 Å². The number of rotatable bonds is 3. The summed E-state index contributed by atoms with van der Waals surface area (Å²) in [5.74, 6) is -0.375. The lowest BCUT2D eigenvalue weighted by Crippen LogP contribution is -2.14. The number of amides is 1. The van der Waals surface area contributed by atoms with E-state index in [1.54, 1.807) is 0 Å². The minimum absolute atomic E-state index is 0.0189. The summed E-state index contributed by atoms with van der Waals surface area (Å²) in [5.41, 5.74) is 6.70. The molecule has 100 valence electrons.